The molecule has 2 heterocycles. The minimum atomic E-state index is 0. The summed E-state index contributed by atoms with van der Waals surface area (Å²) in [5.41, 5.74) is 1.19. The SMILES string of the molecule is CCc1nc(CCNCc2ccco2)cs1.Cl. The molecule has 5 heteroatoms. The Morgan fingerprint density at radius 2 is 2.35 bits per heavy atom. The first-order valence-corrected chi connectivity index (χ1v) is 6.43. The van der Waals surface area contributed by atoms with Gasteiger partial charge in [-0.15, -0.1) is 23.7 Å². The summed E-state index contributed by atoms with van der Waals surface area (Å²) in [5, 5.41) is 6.70. The molecule has 0 radical (unpaired) electrons. The van der Waals surface area contributed by atoms with Gasteiger partial charge < -0.3 is 9.73 Å². The van der Waals surface area contributed by atoms with Crippen molar-refractivity contribution < 1.29 is 4.42 Å². The summed E-state index contributed by atoms with van der Waals surface area (Å²) in [6, 6.07) is 3.88. The van der Waals surface area contributed by atoms with Crippen LogP contribution in [0.2, 0.25) is 0 Å². The van der Waals surface area contributed by atoms with Gasteiger partial charge in [-0.05, 0) is 18.6 Å². The van der Waals surface area contributed by atoms with Crippen molar-refractivity contribution >= 4 is 23.7 Å². The normalized spacial score (nSPS) is 10.2. The Labute approximate surface area is 112 Å². The van der Waals surface area contributed by atoms with E-state index >= 15 is 0 Å². The lowest BCUT2D eigenvalue weighted by atomic mass is 10.3. The van der Waals surface area contributed by atoms with E-state index in [4.69, 9.17) is 4.42 Å². The zero-order valence-electron chi connectivity index (χ0n) is 9.81. The number of thiazole rings is 1. The maximum Gasteiger partial charge on any atom is 0.117 e. The quantitative estimate of drug-likeness (QED) is 0.822. The summed E-state index contributed by atoms with van der Waals surface area (Å²) >= 11 is 1.75. The van der Waals surface area contributed by atoms with Gasteiger partial charge >= 0.3 is 0 Å². The summed E-state index contributed by atoms with van der Waals surface area (Å²) in [4.78, 5) is 4.52. The van der Waals surface area contributed by atoms with Crippen molar-refractivity contribution in [3.8, 4) is 0 Å². The first-order chi connectivity index (χ1) is 7.88. The lowest BCUT2D eigenvalue weighted by Gasteiger charge is -2.00. The number of aromatic nitrogens is 1. The van der Waals surface area contributed by atoms with E-state index in [-0.39, 0.29) is 12.4 Å². The fourth-order valence-corrected chi connectivity index (χ4v) is 2.25. The van der Waals surface area contributed by atoms with Gasteiger partial charge in [-0.3, -0.25) is 0 Å². The maximum absolute atomic E-state index is 5.23. The third-order valence-corrected chi connectivity index (χ3v) is 3.38. The summed E-state index contributed by atoms with van der Waals surface area (Å²) in [6.45, 7) is 3.86. The Bertz CT molecular complexity index is 414. The molecule has 0 aliphatic carbocycles. The van der Waals surface area contributed by atoms with E-state index < -0.39 is 0 Å². The Hall–Kier alpha value is -0.840. The van der Waals surface area contributed by atoms with E-state index in [2.05, 4.69) is 22.6 Å². The van der Waals surface area contributed by atoms with Crippen LogP contribution in [0.5, 0.6) is 0 Å². The molecule has 0 saturated carbocycles. The van der Waals surface area contributed by atoms with Crippen LogP contribution >= 0.6 is 23.7 Å². The topological polar surface area (TPSA) is 38.1 Å². The summed E-state index contributed by atoms with van der Waals surface area (Å²) in [5.74, 6) is 0.979. The number of halogens is 1. The molecule has 0 aliphatic heterocycles. The number of aryl methyl sites for hydroxylation is 1. The molecule has 0 amide bonds. The van der Waals surface area contributed by atoms with Gasteiger partial charge in [-0.2, -0.15) is 0 Å². The van der Waals surface area contributed by atoms with E-state index in [0.29, 0.717) is 0 Å². The fraction of sp³-hybridized carbons (Fsp3) is 0.417. The highest BCUT2D eigenvalue weighted by Crippen LogP contribution is 2.10. The number of nitrogens with zero attached hydrogens (tertiary/aromatic N) is 1. The van der Waals surface area contributed by atoms with Crippen LogP contribution in [0.1, 0.15) is 23.4 Å². The van der Waals surface area contributed by atoms with Gasteiger partial charge in [-0.1, -0.05) is 6.92 Å². The second-order valence-electron chi connectivity index (χ2n) is 3.59. The van der Waals surface area contributed by atoms with Gasteiger partial charge in [0.25, 0.3) is 0 Å². The number of rotatable bonds is 6. The number of hydrogen-bond acceptors (Lipinski definition) is 4. The van der Waals surface area contributed by atoms with Gasteiger partial charge in [0.05, 0.1) is 23.5 Å². The lowest BCUT2D eigenvalue weighted by molar-refractivity contribution is 0.484. The van der Waals surface area contributed by atoms with E-state index in [1.54, 1.807) is 17.6 Å². The van der Waals surface area contributed by atoms with Crippen LogP contribution < -0.4 is 5.32 Å². The molecule has 2 rings (SSSR count). The second-order valence-corrected chi connectivity index (χ2v) is 4.53. The first-order valence-electron chi connectivity index (χ1n) is 5.55. The second kappa shape index (κ2) is 7.48. The van der Waals surface area contributed by atoms with Crippen molar-refractivity contribution in [2.24, 2.45) is 0 Å². The van der Waals surface area contributed by atoms with Crippen molar-refractivity contribution in [2.75, 3.05) is 6.54 Å². The largest absolute Gasteiger partial charge is 0.468 e. The number of hydrogen-bond donors (Lipinski definition) is 1. The molecule has 17 heavy (non-hydrogen) atoms. The van der Waals surface area contributed by atoms with Crippen LogP contribution in [-0.2, 0) is 19.4 Å². The standard InChI is InChI=1S/C12H16N2OS.ClH/c1-2-12-14-10(9-16-12)5-6-13-8-11-4-3-7-15-11;/h3-4,7,9,13H,2,5-6,8H2,1H3;1H. The predicted octanol–water partition coefficient (Wildman–Crippen LogP) is 3.05. The maximum atomic E-state index is 5.23. The Balaban J connectivity index is 0.00000144. The van der Waals surface area contributed by atoms with Crippen molar-refractivity contribution in [3.63, 3.8) is 0 Å². The van der Waals surface area contributed by atoms with E-state index in [9.17, 15) is 0 Å². The summed E-state index contributed by atoms with van der Waals surface area (Å²) in [7, 11) is 0. The molecule has 1 N–H and O–H groups in total. The average Bonchev–Trinajstić information content (AvgIpc) is 2.95. The highest BCUT2D eigenvalue weighted by atomic mass is 35.5. The highest BCUT2D eigenvalue weighted by molar-refractivity contribution is 7.09. The minimum absolute atomic E-state index is 0. The van der Waals surface area contributed by atoms with Gasteiger partial charge in [0, 0.05) is 18.3 Å². The molecule has 2 aromatic rings. The van der Waals surface area contributed by atoms with Crippen molar-refractivity contribution in [3.05, 3.63) is 40.2 Å². The van der Waals surface area contributed by atoms with Crippen LogP contribution in [-0.4, -0.2) is 11.5 Å². The summed E-state index contributed by atoms with van der Waals surface area (Å²) < 4.78 is 5.23. The smallest absolute Gasteiger partial charge is 0.117 e. The molecule has 0 aromatic carbocycles. The van der Waals surface area contributed by atoms with Crippen LogP contribution in [0.3, 0.4) is 0 Å². The van der Waals surface area contributed by atoms with Crippen LogP contribution in [0.25, 0.3) is 0 Å². The monoisotopic (exact) mass is 272 g/mol. The van der Waals surface area contributed by atoms with Crippen LogP contribution in [0, 0.1) is 0 Å². The van der Waals surface area contributed by atoms with Gasteiger partial charge in [0.15, 0.2) is 0 Å². The van der Waals surface area contributed by atoms with Crippen LogP contribution in [0.4, 0.5) is 0 Å². The van der Waals surface area contributed by atoms with E-state index in [0.717, 1.165) is 31.7 Å². The third kappa shape index (κ3) is 4.50. The molecular formula is C12H17ClN2OS. The Morgan fingerprint density at radius 1 is 1.47 bits per heavy atom. The fourth-order valence-electron chi connectivity index (χ4n) is 1.47. The summed E-state index contributed by atoms with van der Waals surface area (Å²) in [6.07, 6.45) is 3.71. The Kier molecular flexibility index (Phi) is 6.26. The molecule has 2 aromatic heterocycles. The molecule has 0 atom stereocenters. The molecular weight excluding hydrogens is 256 g/mol. The van der Waals surface area contributed by atoms with Crippen LogP contribution in [0.15, 0.2) is 28.2 Å². The zero-order chi connectivity index (χ0) is 11.2. The zero-order valence-corrected chi connectivity index (χ0v) is 11.4. The molecule has 94 valence electrons. The van der Waals surface area contributed by atoms with E-state index in [1.165, 1.54) is 10.7 Å². The molecule has 0 fully saturated rings. The average molecular weight is 273 g/mol. The van der Waals surface area contributed by atoms with Gasteiger partial charge in [0.1, 0.15) is 5.76 Å². The minimum Gasteiger partial charge on any atom is -0.468 e. The van der Waals surface area contributed by atoms with Gasteiger partial charge in [-0.25, -0.2) is 4.98 Å². The molecule has 0 bridgehead atoms. The number of furan rings is 1. The van der Waals surface area contributed by atoms with Crippen molar-refractivity contribution in [1.82, 2.24) is 10.3 Å². The van der Waals surface area contributed by atoms with E-state index in [1.807, 2.05) is 12.1 Å². The predicted molar refractivity (Wildman–Crippen MR) is 72.9 cm³/mol. The third-order valence-electron chi connectivity index (χ3n) is 2.34. The molecule has 3 nitrogen and oxygen atoms in total. The van der Waals surface area contributed by atoms with Crippen molar-refractivity contribution in [1.29, 1.82) is 0 Å². The molecule has 0 spiro atoms. The number of nitrogens with one attached hydrogen (secondary N) is 1. The molecule has 0 aliphatic rings. The van der Waals surface area contributed by atoms with Crippen molar-refractivity contribution in [2.45, 2.75) is 26.3 Å². The van der Waals surface area contributed by atoms with Gasteiger partial charge in [0.2, 0.25) is 0 Å². The molecule has 0 saturated heterocycles. The Morgan fingerprint density at radius 3 is 3.00 bits per heavy atom. The highest BCUT2D eigenvalue weighted by Gasteiger charge is 2.00. The lowest BCUT2D eigenvalue weighted by Crippen LogP contribution is -2.16. The first kappa shape index (κ1) is 14.2. The molecule has 0 unspecified atom stereocenters.